The second-order valence-corrected chi connectivity index (χ2v) is 4.81. The van der Waals surface area contributed by atoms with E-state index < -0.39 is 12.1 Å². The second-order valence-electron chi connectivity index (χ2n) is 4.81. The minimum atomic E-state index is -0.978. The molecule has 1 unspecified atom stereocenters. The van der Waals surface area contributed by atoms with Crippen LogP contribution in [0.2, 0.25) is 0 Å². The molecule has 114 valence electrons. The topological polar surface area (TPSA) is 122 Å². The molecule has 1 aliphatic heterocycles. The number of hydrogen-bond acceptors (Lipinski definition) is 4. The first-order valence-corrected chi connectivity index (χ1v) is 6.50. The summed E-state index contributed by atoms with van der Waals surface area (Å²) < 4.78 is 4.97. The summed E-state index contributed by atoms with van der Waals surface area (Å²) in [7, 11) is 1.40. The highest BCUT2D eigenvalue weighted by Crippen LogP contribution is 2.16. The van der Waals surface area contributed by atoms with Crippen molar-refractivity contribution < 1.29 is 24.2 Å². The van der Waals surface area contributed by atoms with Crippen molar-refractivity contribution in [3.05, 3.63) is 0 Å². The summed E-state index contributed by atoms with van der Waals surface area (Å²) in [6.45, 7) is 1.07. The minimum Gasteiger partial charge on any atom is -0.481 e. The van der Waals surface area contributed by atoms with Gasteiger partial charge in [0.25, 0.3) is 0 Å². The number of carbonyl (C=O) groups is 3. The summed E-state index contributed by atoms with van der Waals surface area (Å²) in [6, 6.07) is -0.277. The number of nitrogens with zero attached hydrogens (tertiary/aromatic N) is 1. The van der Waals surface area contributed by atoms with E-state index in [0.717, 1.165) is 0 Å². The Labute approximate surface area is 117 Å². The SMILES string of the molecule is COC(CNC(=O)N1CCC(C(N)=O)CC1)CC(=O)O. The molecule has 0 aromatic rings. The number of piperidine rings is 1. The standard InChI is InChI=1S/C12H21N3O5/c1-20-9(6-10(16)17)7-14-12(19)15-4-2-8(3-5-15)11(13)18/h8-9H,2-7H2,1H3,(H2,13,18)(H,14,19)(H,16,17). The number of rotatable bonds is 6. The molecular formula is C12H21N3O5. The summed E-state index contributed by atoms with van der Waals surface area (Å²) in [5.74, 6) is -1.47. The molecule has 1 atom stereocenters. The third-order valence-electron chi connectivity index (χ3n) is 3.40. The highest BCUT2D eigenvalue weighted by Gasteiger charge is 2.26. The van der Waals surface area contributed by atoms with Crippen molar-refractivity contribution in [2.24, 2.45) is 11.7 Å². The molecule has 0 radical (unpaired) electrons. The third-order valence-corrected chi connectivity index (χ3v) is 3.40. The molecule has 0 bridgehead atoms. The largest absolute Gasteiger partial charge is 0.481 e. The van der Waals surface area contributed by atoms with Crippen molar-refractivity contribution in [3.63, 3.8) is 0 Å². The number of carbonyl (C=O) groups excluding carboxylic acids is 2. The summed E-state index contributed by atoms with van der Waals surface area (Å²) in [5.41, 5.74) is 5.22. The number of hydrogen-bond donors (Lipinski definition) is 3. The number of urea groups is 1. The molecule has 1 rings (SSSR count). The van der Waals surface area contributed by atoms with Gasteiger partial charge in [0, 0.05) is 32.7 Å². The van der Waals surface area contributed by atoms with Crippen LogP contribution in [0.4, 0.5) is 4.79 Å². The number of nitrogens with two attached hydrogens (primary N) is 1. The van der Waals surface area contributed by atoms with Crippen LogP contribution in [0.5, 0.6) is 0 Å². The van der Waals surface area contributed by atoms with Gasteiger partial charge in [-0.1, -0.05) is 0 Å². The lowest BCUT2D eigenvalue weighted by atomic mass is 9.96. The van der Waals surface area contributed by atoms with Gasteiger partial charge in [-0.3, -0.25) is 9.59 Å². The summed E-state index contributed by atoms with van der Waals surface area (Å²) in [4.78, 5) is 35.1. The minimum absolute atomic E-state index is 0.136. The van der Waals surface area contributed by atoms with Crippen molar-refractivity contribution in [2.75, 3.05) is 26.7 Å². The summed E-state index contributed by atoms with van der Waals surface area (Å²) in [5, 5.41) is 11.3. The summed E-state index contributed by atoms with van der Waals surface area (Å²) >= 11 is 0. The maximum Gasteiger partial charge on any atom is 0.317 e. The predicted octanol–water partition coefficient (Wildman–Crippen LogP) is -0.617. The molecule has 1 fully saturated rings. The molecule has 1 saturated heterocycles. The molecule has 1 heterocycles. The number of ether oxygens (including phenoxy) is 1. The van der Waals surface area contributed by atoms with Crippen LogP contribution in [0.3, 0.4) is 0 Å². The van der Waals surface area contributed by atoms with Crippen LogP contribution in [0.1, 0.15) is 19.3 Å². The number of primary amides is 1. The first-order valence-electron chi connectivity index (χ1n) is 6.50. The van der Waals surface area contributed by atoms with E-state index in [4.69, 9.17) is 15.6 Å². The fourth-order valence-corrected chi connectivity index (χ4v) is 2.11. The fourth-order valence-electron chi connectivity index (χ4n) is 2.11. The van der Waals surface area contributed by atoms with Crippen molar-refractivity contribution in [1.29, 1.82) is 0 Å². The van der Waals surface area contributed by atoms with Gasteiger partial charge in [0.2, 0.25) is 5.91 Å². The van der Waals surface area contributed by atoms with Gasteiger partial charge >= 0.3 is 12.0 Å². The predicted molar refractivity (Wildman–Crippen MR) is 69.9 cm³/mol. The highest BCUT2D eigenvalue weighted by molar-refractivity contribution is 5.78. The lowest BCUT2D eigenvalue weighted by Crippen LogP contribution is -2.48. The van der Waals surface area contributed by atoms with Gasteiger partial charge in [-0.25, -0.2) is 4.79 Å². The van der Waals surface area contributed by atoms with Gasteiger partial charge in [0.05, 0.1) is 12.5 Å². The first kappa shape index (κ1) is 16.2. The molecule has 0 aromatic carbocycles. The Balaban J connectivity index is 2.33. The van der Waals surface area contributed by atoms with Gasteiger partial charge in [-0.2, -0.15) is 0 Å². The molecule has 3 amide bonds. The van der Waals surface area contributed by atoms with E-state index in [0.29, 0.717) is 25.9 Å². The molecule has 20 heavy (non-hydrogen) atoms. The summed E-state index contributed by atoms with van der Waals surface area (Å²) in [6.07, 6.45) is 0.400. The maximum atomic E-state index is 11.9. The Morgan fingerprint density at radius 1 is 1.40 bits per heavy atom. The molecule has 4 N–H and O–H groups in total. The molecule has 8 heteroatoms. The average molecular weight is 287 g/mol. The zero-order chi connectivity index (χ0) is 15.1. The van der Waals surface area contributed by atoms with Gasteiger partial charge < -0.3 is 25.8 Å². The molecule has 0 aromatic heterocycles. The van der Waals surface area contributed by atoms with E-state index in [-0.39, 0.29) is 30.8 Å². The number of carboxylic acids is 1. The van der Waals surface area contributed by atoms with Crippen LogP contribution < -0.4 is 11.1 Å². The molecule has 0 saturated carbocycles. The van der Waals surface area contributed by atoms with E-state index in [1.165, 1.54) is 7.11 Å². The van der Waals surface area contributed by atoms with Crippen molar-refractivity contribution in [3.8, 4) is 0 Å². The number of nitrogens with one attached hydrogen (secondary N) is 1. The van der Waals surface area contributed by atoms with E-state index in [2.05, 4.69) is 5.32 Å². The van der Waals surface area contributed by atoms with Crippen LogP contribution in [-0.4, -0.2) is 60.8 Å². The van der Waals surface area contributed by atoms with Gasteiger partial charge in [-0.15, -0.1) is 0 Å². The molecular weight excluding hydrogens is 266 g/mol. The smallest absolute Gasteiger partial charge is 0.317 e. The Morgan fingerprint density at radius 2 is 2.00 bits per heavy atom. The van der Waals surface area contributed by atoms with Crippen molar-refractivity contribution in [1.82, 2.24) is 10.2 Å². The second kappa shape index (κ2) is 7.68. The normalized spacial score (nSPS) is 17.6. The van der Waals surface area contributed by atoms with Gasteiger partial charge in [-0.05, 0) is 12.8 Å². The van der Waals surface area contributed by atoms with Crippen LogP contribution in [0.15, 0.2) is 0 Å². The molecule has 0 spiro atoms. The lowest BCUT2D eigenvalue weighted by Gasteiger charge is -2.31. The Kier molecular flexibility index (Phi) is 6.23. The van der Waals surface area contributed by atoms with E-state index in [1.54, 1.807) is 4.90 Å². The van der Waals surface area contributed by atoms with Crippen molar-refractivity contribution >= 4 is 17.9 Å². The van der Waals surface area contributed by atoms with Crippen LogP contribution >= 0.6 is 0 Å². The molecule has 1 aliphatic rings. The molecule has 8 nitrogen and oxygen atoms in total. The number of aliphatic carboxylic acids is 1. The number of carboxylic acid groups (broad SMARTS) is 1. The van der Waals surface area contributed by atoms with E-state index in [1.807, 2.05) is 0 Å². The third kappa shape index (κ3) is 5.04. The molecule has 0 aliphatic carbocycles. The number of methoxy groups -OCH3 is 1. The Bertz CT molecular complexity index is 366. The van der Waals surface area contributed by atoms with Gasteiger partial charge in [0.15, 0.2) is 0 Å². The van der Waals surface area contributed by atoms with E-state index >= 15 is 0 Å². The number of amides is 3. The first-order chi connectivity index (χ1) is 9.43. The fraction of sp³-hybridized carbons (Fsp3) is 0.750. The Hall–Kier alpha value is -1.83. The Morgan fingerprint density at radius 3 is 2.45 bits per heavy atom. The average Bonchev–Trinajstić information content (AvgIpc) is 2.42. The monoisotopic (exact) mass is 287 g/mol. The van der Waals surface area contributed by atoms with Crippen molar-refractivity contribution in [2.45, 2.75) is 25.4 Å². The van der Waals surface area contributed by atoms with Gasteiger partial charge in [0.1, 0.15) is 0 Å². The van der Waals surface area contributed by atoms with Crippen LogP contribution in [0.25, 0.3) is 0 Å². The van der Waals surface area contributed by atoms with Crippen LogP contribution in [-0.2, 0) is 14.3 Å². The van der Waals surface area contributed by atoms with E-state index in [9.17, 15) is 14.4 Å². The quantitative estimate of drug-likeness (QED) is 0.601. The lowest BCUT2D eigenvalue weighted by molar-refractivity contribution is -0.139. The number of likely N-dealkylation sites (tertiary alicyclic amines) is 1. The maximum absolute atomic E-state index is 11.9. The van der Waals surface area contributed by atoms with Crippen LogP contribution in [0, 0.1) is 5.92 Å². The zero-order valence-electron chi connectivity index (χ0n) is 11.5. The zero-order valence-corrected chi connectivity index (χ0v) is 11.5. The highest BCUT2D eigenvalue weighted by atomic mass is 16.5.